The fourth-order valence-electron chi connectivity index (χ4n) is 3.88. The van der Waals surface area contributed by atoms with Gasteiger partial charge >= 0.3 is 6.03 Å². The van der Waals surface area contributed by atoms with Crippen LogP contribution in [-0.4, -0.2) is 41.7 Å². The van der Waals surface area contributed by atoms with Crippen LogP contribution in [0.15, 0.2) is 30.5 Å². The van der Waals surface area contributed by atoms with E-state index in [-0.39, 0.29) is 17.1 Å². The van der Waals surface area contributed by atoms with E-state index in [9.17, 15) is 9.18 Å². The second-order valence-corrected chi connectivity index (χ2v) is 8.29. The third-order valence-corrected chi connectivity index (χ3v) is 6.05. The topological polar surface area (TPSA) is 66.5 Å². The Morgan fingerprint density at radius 1 is 1.30 bits per heavy atom. The second-order valence-electron chi connectivity index (χ2n) is 7.89. The van der Waals surface area contributed by atoms with Crippen LogP contribution in [0.25, 0.3) is 0 Å². The molecule has 0 radical (unpaired) electrons. The van der Waals surface area contributed by atoms with E-state index >= 15 is 0 Å². The van der Waals surface area contributed by atoms with Crippen LogP contribution in [0.2, 0.25) is 5.02 Å². The summed E-state index contributed by atoms with van der Waals surface area (Å²) in [6.07, 6.45) is 4.61. The molecule has 8 heteroatoms. The van der Waals surface area contributed by atoms with Crippen molar-refractivity contribution in [3.63, 3.8) is 0 Å². The number of pyridine rings is 1. The summed E-state index contributed by atoms with van der Waals surface area (Å²) in [5.41, 5.74) is 2.95. The van der Waals surface area contributed by atoms with Gasteiger partial charge in [-0.1, -0.05) is 17.7 Å². The van der Waals surface area contributed by atoms with E-state index in [0.717, 1.165) is 43.9 Å². The first-order chi connectivity index (χ1) is 14.5. The van der Waals surface area contributed by atoms with Gasteiger partial charge < -0.3 is 20.3 Å². The van der Waals surface area contributed by atoms with Gasteiger partial charge in [0.05, 0.1) is 11.1 Å². The molecule has 1 fully saturated rings. The SMILES string of the molecule is C[C@@H](NC(=O)N1CCc2cnc(NC3CCOCC3)cc2C1)c1ccc(Cl)c(F)c1. The van der Waals surface area contributed by atoms with Gasteiger partial charge in [0.1, 0.15) is 11.6 Å². The number of rotatable bonds is 4. The molecule has 2 aromatic rings. The van der Waals surface area contributed by atoms with E-state index in [4.69, 9.17) is 16.3 Å². The zero-order valence-corrected chi connectivity index (χ0v) is 17.7. The van der Waals surface area contributed by atoms with Crippen molar-refractivity contribution in [3.05, 3.63) is 58.0 Å². The number of hydrogen-bond acceptors (Lipinski definition) is 4. The Labute approximate surface area is 180 Å². The number of urea groups is 1. The van der Waals surface area contributed by atoms with E-state index in [1.54, 1.807) is 11.0 Å². The number of hydrogen-bond donors (Lipinski definition) is 2. The maximum absolute atomic E-state index is 13.7. The summed E-state index contributed by atoms with van der Waals surface area (Å²) in [5, 5.41) is 6.51. The molecule has 0 saturated carbocycles. The lowest BCUT2D eigenvalue weighted by Gasteiger charge is -2.31. The summed E-state index contributed by atoms with van der Waals surface area (Å²) >= 11 is 5.75. The van der Waals surface area contributed by atoms with E-state index in [0.29, 0.717) is 24.7 Å². The van der Waals surface area contributed by atoms with Crippen LogP contribution in [0, 0.1) is 5.82 Å². The minimum Gasteiger partial charge on any atom is -0.381 e. The highest BCUT2D eigenvalue weighted by Gasteiger charge is 2.23. The number of carbonyl (C=O) groups is 1. The largest absolute Gasteiger partial charge is 0.381 e. The number of anilines is 1. The van der Waals surface area contributed by atoms with Crippen LogP contribution < -0.4 is 10.6 Å². The van der Waals surface area contributed by atoms with Crippen LogP contribution in [0.3, 0.4) is 0 Å². The zero-order valence-electron chi connectivity index (χ0n) is 17.0. The fourth-order valence-corrected chi connectivity index (χ4v) is 4.00. The molecular formula is C22H26ClFN4O2. The first-order valence-corrected chi connectivity index (χ1v) is 10.7. The Balaban J connectivity index is 1.39. The lowest BCUT2D eigenvalue weighted by Crippen LogP contribution is -2.43. The molecule has 2 aliphatic rings. The Kier molecular flexibility index (Phi) is 6.39. The van der Waals surface area contributed by atoms with Crippen molar-refractivity contribution in [3.8, 4) is 0 Å². The maximum atomic E-state index is 13.7. The molecule has 160 valence electrons. The van der Waals surface area contributed by atoms with E-state index in [2.05, 4.69) is 15.6 Å². The van der Waals surface area contributed by atoms with E-state index in [1.165, 1.54) is 17.7 Å². The summed E-state index contributed by atoms with van der Waals surface area (Å²) in [6.45, 7) is 4.51. The van der Waals surface area contributed by atoms with E-state index < -0.39 is 5.82 Å². The summed E-state index contributed by atoms with van der Waals surface area (Å²) in [5.74, 6) is 0.354. The number of amides is 2. The molecule has 0 unspecified atom stereocenters. The van der Waals surface area contributed by atoms with Crippen LogP contribution in [0.1, 0.15) is 42.5 Å². The van der Waals surface area contributed by atoms with Crippen molar-refractivity contribution in [1.29, 1.82) is 0 Å². The van der Waals surface area contributed by atoms with Crippen LogP contribution >= 0.6 is 11.6 Å². The molecule has 6 nitrogen and oxygen atoms in total. The minimum atomic E-state index is -0.487. The van der Waals surface area contributed by atoms with Crippen molar-refractivity contribution >= 4 is 23.4 Å². The lowest BCUT2D eigenvalue weighted by atomic mass is 10.0. The summed E-state index contributed by atoms with van der Waals surface area (Å²) < 4.78 is 19.1. The number of nitrogens with zero attached hydrogens (tertiary/aromatic N) is 2. The van der Waals surface area contributed by atoms with Gasteiger partial charge in [0, 0.05) is 38.5 Å². The average Bonchev–Trinajstić information content (AvgIpc) is 2.75. The number of aromatic nitrogens is 1. The smallest absolute Gasteiger partial charge is 0.318 e. The summed E-state index contributed by atoms with van der Waals surface area (Å²) in [4.78, 5) is 19.1. The lowest BCUT2D eigenvalue weighted by molar-refractivity contribution is 0.0904. The van der Waals surface area contributed by atoms with Crippen molar-refractivity contribution in [2.24, 2.45) is 0 Å². The molecule has 0 bridgehead atoms. The first-order valence-electron chi connectivity index (χ1n) is 10.3. The standard InChI is InChI=1S/C22H26ClFN4O2/c1-14(15-2-3-19(23)20(24)10-15)26-22(29)28-7-4-16-12-25-21(11-17(16)13-28)27-18-5-8-30-9-6-18/h2-3,10-12,14,18H,4-9,13H2,1H3,(H,25,27)(H,26,29)/t14-/m1/s1. The van der Waals surface area contributed by atoms with Gasteiger partial charge in [0.2, 0.25) is 0 Å². The number of nitrogens with one attached hydrogen (secondary N) is 2. The molecular weight excluding hydrogens is 407 g/mol. The third-order valence-electron chi connectivity index (χ3n) is 5.74. The van der Waals surface area contributed by atoms with Gasteiger partial charge in [-0.25, -0.2) is 14.2 Å². The molecule has 2 amide bonds. The summed E-state index contributed by atoms with van der Waals surface area (Å²) in [7, 11) is 0. The van der Waals surface area contributed by atoms with Gasteiger partial charge in [-0.05, 0) is 61.1 Å². The van der Waals surface area contributed by atoms with Crippen molar-refractivity contribution in [1.82, 2.24) is 15.2 Å². The molecule has 3 heterocycles. The molecule has 30 heavy (non-hydrogen) atoms. The Bertz CT molecular complexity index is 920. The van der Waals surface area contributed by atoms with Crippen LogP contribution in [-0.2, 0) is 17.7 Å². The van der Waals surface area contributed by atoms with Gasteiger partial charge in [0.15, 0.2) is 0 Å². The highest BCUT2D eigenvalue weighted by Crippen LogP contribution is 2.24. The molecule has 1 aromatic carbocycles. The third kappa shape index (κ3) is 4.84. The molecule has 2 aliphatic heterocycles. The quantitative estimate of drug-likeness (QED) is 0.756. The molecule has 1 saturated heterocycles. The predicted molar refractivity (Wildman–Crippen MR) is 114 cm³/mol. The number of halogens is 2. The van der Waals surface area contributed by atoms with Gasteiger partial charge in [0.25, 0.3) is 0 Å². The molecule has 1 aromatic heterocycles. The molecule has 0 aliphatic carbocycles. The molecule has 1 atom stereocenters. The zero-order chi connectivity index (χ0) is 21.1. The molecule has 2 N–H and O–H groups in total. The number of fused-ring (bicyclic) bond motifs is 1. The summed E-state index contributed by atoms with van der Waals surface area (Å²) in [6, 6.07) is 6.51. The predicted octanol–water partition coefficient (Wildman–Crippen LogP) is 4.29. The van der Waals surface area contributed by atoms with E-state index in [1.807, 2.05) is 19.2 Å². The monoisotopic (exact) mass is 432 g/mol. The average molecular weight is 433 g/mol. The highest BCUT2D eigenvalue weighted by atomic mass is 35.5. The fraction of sp³-hybridized carbons (Fsp3) is 0.455. The normalized spacial score (nSPS) is 17.9. The van der Waals surface area contributed by atoms with Crippen molar-refractivity contribution in [2.75, 3.05) is 25.1 Å². The van der Waals surface area contributed by atoms with Gasteiger partial charge in [-0.2, -0.15) is 0 Å². The second kappa shape index (κ2) is 9.18. The van der Waals surface area contributed by atoms with Gasteiger partial charge in [-0.3, -0.25) is 0 Å². The number of benzene rings is 1. The maximum Gasteiger partial charge on any atom is 0.318 e. The molecule has 0 spiro atoms. The Morgan fingerprint density at radius 3 is 2.87 bits per heavy atom. The Hall–Kier alpha value is -2.38. The van der Waals surface area contributed by atoms with Crippen LogP contribution in [0.5, 0.6) is 0 Å². The van der Waals surface area contributed by atoms with Crippen LogP contribution in [0.4, 0.5) is 15.0 Å². The first kappa shape index (κ1) is 20.9. The van der Waals surface area contributed by atoms with Crippen molar-refractivity contribution < 1.29 is 13.9 Å². The van der Waals surface area contributed by atoms with Crippen molar-refractivity contribution in [2.45, 2.75) is 44.8 Å². The van der Waals surface area contributed by atoms with Gasteiger partial charge in [-0.15, -0.1) is 0 Å². The molecule has 4 rings (SSSR count). The highest BCUT2D eigenvalue weighted by molar-refractivity contribution is 6.30. The number of ether oxygens (including phenoxy) is 1. The Morgan fingerprint density at radius 2 is 2.10 bits per heavy atom. The minimum absolute atomic E-state index is 0.0729. The number of carbonyl (C=O) groups excluding carboxylic acids is 1.